The Morgan fingerprint density at radius 1 is 0.786 bits per heavy atom. The Balaban J connectivity index is 2.50. The van der Waals surface area contributed by atoms with E-state index in [1.54, 1.807) is 6.92 Å². The Labute approximate surface area is 168 Å². The summed E-state index contributed by atoms with van der Waals surface area (Å²) in [6, 6.07) is 32.8. The van der Waals surface area contributed by atoms with Crippen LogP contribution in [0.3, 0.4) is 0 Å². The van der Waals surface area contributed by atoms with Crippen LogP contribution in [-0.2, 0) is 0 Å². The average molecular weight is 385 g/mol. The van der Waals surface area contributed by atoms with Crippen LogP contribution in [0.15, 0.2) is 91.0 Å². The highest BCUT2D eigenvalue weighted by atomic mass is 28.3. The highest BCUT2D eigenvalue weighted by Gasteiger charge is 2.59. The van der Waals surface area contributed by atoms with E-state index < -0.39 is 26.0 Å². The molecule has 3 rings (SSSR count). The van der Waals surface area contributed by atoms with E-state index in [0.29, 0.717) is 0 Å². The monoisotopic (exact) mass is 385 g/mol. The molecule has 3 aromatic rings. The van der Waals surface area contributed by atoms with Gasteiger partial charge >= 0.3 is 7.12 Å². The van der Waals surface area contributed by atoms with E-state index in [1.807, 2.05) is 61.5 Å². The number of rotatable bonds is 6. The summed E-state index contributed by atoms with van der Waals surface area (Å²) < 4.78 is 0. The van der Waals surface area contributed by atoms with E-state index in [-0.39, 0.29) is 0 Å². The molecule has 2 N–H and O–H groups in total. The van der Waals surface area contributed by atoms with E-state index in [9.17, 15) is 15.3 Å². The molecule has 0 saturated carbocycles. The molecule has 28 heavy (non-hydrogen) atoms. The van der Waals surface area contributed by atoms with Crippen LogP contribution in [0.1, 0.15) is 13.8 Å². The van der Waals surface area contributed by atoms with Gasteiger partial charge in [0.15, 0.2) is 8.07 Å². The van der Waals surface area contributed by atoms with Gasteiger partial charge < -0.3 is 10.0 Å². The maximum absolute atomic E-state index is 10.5. The topological polar surface area (TPSA) is 64.2 Å². The van der Waals surface area contributed by atoms with Crippen LogP contribution >= 0.6 is 0 Å². The first-order valence-electron chi connectivity index (χ1n) is 9.42. The summed E-state index contributed by atoms with van der Waals surface area (Å²) in [6.07, 6.45) is 0. The minimum absolute atomic E-state index is 0.648. The summed E-state index contributed by atoms with van der Waals surface area (Å²) in [4.78, 5) is 0. The molecule has 0 fully saturated rings. The van der Waals surface area contributed by atoms with Crippen LogP contribution in [0.2, 0.25) is 10.9 Å². The first kappa shape index (κ1) is 20.1. The summed E-state index contributed by atoms with van der Waals surface area (Å²) in [5, 5.41) is 32.9. The SMILES string of the molecule is CC(B(O)O)C(C)(C#N)[Si](c1ccccc1)(c1ccccc1)c1ccccc1. The molecule has 0 saturated heterocycles. The second-order valence-corrected chi connectivity index (χ2v) is 11.6. The van der Waals surface area contributed by atoms with E-state index in [2.05, 4.69) is 42.5 Å². The smallest absolute Gasteiger partial charge is 0.427 e. The van der Waals surface area contributed by atoms with Crippen molar-refractivity contribution in [1.82, 2.24) is 0 Å². The fourth-order valence-electron chi connectivity index (χ4n) is 4.29. The number of benzene rings is 3. The van der Waals surface area contributed by atoms with E-state index >= 15 is 0 Å². The van der Waals surface area contributed by atoms with Gasteiger partial charge in [0, 0.05) is 5.82 Å². The minimum Gasteiger partial charge on any atom is -0.427 e. The highest BCUT2D eigenvalue weighted by molar-refractivity contribution is 7.14. The van der Waals surface area contributed by atoms with Crippen molar-refractivity contribution in [2.24, 2.45) is 0 Å². The molecule has 0 aliphatic heterocycles. The quantitative estimate of drug-likeness (QED) is 0.506. The van der Waals surface area contributed by atoms with Crippen molar-refractivity contribution >= 4 is 30.8 Å². The lowest BCUT2D eigenvalue weighted by molar-refractivity contribution is 0.377. The Kier molecular flexibility index (Phi) is 5.85. The second-order valence-electron chi connectivity index (χ2n) is 7.36. The number of hydrogen-bond acceptors (Lipinski definition) is 3. The van der Waals surface area contributed by atoms with Gasteiger partial charge in [-0.05, 0) is 22.5 Å². The predicted octanol–water partition coefficient (Wildman–Crippen LogP) is 2.30. The third-order valence-electron chi connectivity index (χ3n) is 5.99. The van der Waals surface area contributed by atoms with E-state index in [4.69, 9.17) is 0 Å². The summed E-state index contributed by atoms with van der Waals surface area (Å²) in [5.41, 5.74) is 0. The minimum atomic E-state index is -2.98. The zero-order valence-electron chi connectivity index (χ0n) is 16.2. The van der Waals surface area contributed by atoms with Crippen LogP contribution < -0.4 is 15.6 Å². The lowest BCUT2D eigenvalue weighted by atomic mass is 9.67. The molecule has 0 aliphatic rings. The molecule has 2 atom stereocenters. The zero-order valence-corrected chi connectivity index (χ0v) is 17.2. The van der Waals surface area contributed by atoms with Gasteiger partial charge in [-0.3, -0.25) is 0 Å². The summed E-state index contributed by atoms with van der Waals surface area (Å²) in [7, 11) is -4.57. The van der Waals surface area contributed by atoms with Gasteiger partial charge in [0.25, 0.3) is 0 Å². The maximum atomic E-state index is 10.5. The molecule has 0 aromatic heterocycles. The molecule has 0 aliphatic carbocycles. The lowest BCUT2D eigenvalue weighted by Crippen LogP contribution is -2.74. The van der Waals surface area contributed by atoms with Crippen molar-refractivity contribution in [3.63, 3.8) is 0 Å². The molecular formula is C23H24BNO2Si. The lowest BCUT2D eigenvalue weighted by Gasteiger charge is -2.47. The van der Waals surface area contributed by atoms with Crippen molar-refractivity contribution in [2.75, 3.05) is 0 Å². The average Bonchev–Trinajstić information content (AvgIpc) is 2.75. The largest absolute Gasteiger partial charge is 0.455 e. The first-order valence-corrected chi connectivity index (χ1v) is 11.4. The third-order valence-corrected chi connectivity index (χ3v) is 11.7. The molecule has 0 heterocycles. The normalized spacial score (nSPS) is 14.5. The van der Waals surface area contributed by atoms with Crippen LogP contribution in [0.25, 0.3) is 0 Å². The highest BCUT2D eigenvalue weighted by Crippen LogP contribution is 2.47. The van der Waals surface area contributed by atoms with Crippen LogP contribution in [-0.4, -0.2) is 25.2 Å². The Morgan fingerprint density at radius 2 is 1.11 bits per heavy atom. The van der Waals surface area contributed by atoms with Crippen molar-refractivity contribution in [1.29, 1.82) is 5.26 Å². The van der Waals surface area contributed by atoms with Crippen molar-refractivity contribution in [3.05, 3.63) is 91.0 Å². The third kappa shape index (κ3) is 3.10. The van der Waals surface area contributed by atoms with Gasteiger partial charge in [-0.1, -0.05) is 97.9 Å². The van der Waals surface area contributed by atoms with Gasteiger partial charge in [-0.15, -0.1) is 0 Å². The number of hydrogen-bond donors (Lipinski definition) is 2. The van der Waals surface area contributed by atoms with Crippen molar-refractivity contribution in [3.8, 4) is 6.07 Å². The summed E-state index contributed by atoms with van der Waals surface area (Å²) >= 11 is 0. The summed E-state index contributed by atoms with van der Waals surface area (Å²) in [5.74, 6) is -0.648. The Morgan fingerprint density at radius 3 is 1.36 bits per heavy atom. The second kappa shape index (κ2) is 8.16. The summed E-state index contributed by atoms with van der Waals surface area (Å²) in [6.45, 7) is 3.64. The van der Waals surface area contributed by atoms with Crippen LogP contribution in [0.5, 0.6) is 0 Å². The van der Waals surface area contributed by atoms with Gasteiger partial charge in [0.05, 0.1) is 11.1 Å². The molecule has 5 heteroatoms. The standard InChI is InChI=1S/C23H24BNO2Si/c1-19(24(26)27)23(2,18-25)28(20-12-6-3-7-13-20,21-14-8-4-9-15-21)22-16-10-5-11-17-22/h3-17,19,26-27H,1-2H3. The van der Waals surface area contributed by atoms with Gasteiger partial charge in [0.1, 0.15) is 0 Å². The molecule has 3 aromatic carbocycles. The maximum Gasteiger partial charge on any atom is 0.455 e. The number of nitrogens with zero attached hydrogens (tertiary/aromatic N) is 1. The Hall–Kier alpha value is -2.65. The van der Waals surface area contributed by atoms with Crippen molar-refractivity contribution in [2.45, 2.75) is 24.7 Å². The molecule has 0 amide bonds. The van der Waals surface area contributed by atoms with Crippen LogP contribution in [0, 0.1) is 11.3 Å². The molecule has 140 valence electrons. The molecule has 3 nitrogen and oxygen atoms in total. The van der Waals surface area contributed by atoms with E-state index in [1.165, 1.54) is 0 Å². The fraction of sp³-hybridized carbons (Fsp3) is 0.174. The first-order chi connectivity index (χ1) is 13.5. The van der Waals surface area contributed by atoms with Crippen molar-refractivity contribution < 1.29 is 10.0 Å². The zero-order chi connectivity index (χ0) is 20.2. The van der Waals surface area contributed by atoms with Gasteiger partial charge in [0.2, 0.25) is 0 Å². The molecule has 0 spiro atoms. The van der Waals surface area contributed by atoms with Gasteiger partial charge in [-0.25, -0.2) is 0 Å². The van der Waals surface area contributed by atoms with Gasteiger partial charge in [-0.2, -0.15) is 5.26 Å². The molecular weight excluding hydrogens is 361 g/mol. The van der Waals surface area contributed by atoms with Crippen LogP contribution in [0.4, 0.5) is 0 Å². The fourth-order valence-corrected chi connectivity index (χ4v) is 10.2. The van der Waals surface area contributed by atoms with E-state index in [0.717, 1.165) is 15.6 Å². The number of nitriles is 1. The molecule has 0 bridgehead atoms. The predicted molar refractivity (Wildman–Crippen MR) is 118 cm³/mol. The molecule has 0 radical (unpaired) electrons. The Bertz CT molecular complexity index is 848. The molecule has 2 unspecified atom stereocenters.